The van der Waals surface area contributed by atoms with Gasteiger partial charge in [0.15, 0.2) is 17.7 Å². The molecule has 2 aromatic heterocycles. The summed E-state index contributed by atoms with van der Waals surface area (Å²) >= 11 is 0. The summed E-state index contributed by atoms with van der Waals surface area (Å²) in [4.78, 5) is 43.2. The molecule has 0 bridgehead atoms. The molecule has 1 amide bonds. The number of aromatic nitrogens is 4. The highest BCUT2D eigenvalue weighted by Gasteiger charge is 2.67. The number of amides is 1. The first-order chi connectivity index (χ1) is 21.5. The second kappa shape index (κ2) is 12.5. The zero-order chi connectivity index (χ0) is 33.8. The average Bonchev–Trinajstić information content (AvgIpc) is 3.65. The second-order valence-corrected chi connectivity index (χ2v) is 14.4. The van der Waals surface area contributed by atoms with Crippen molar-refractivity contribution in [3.05, 3.63) is 48.0 Å². The van der Waals surface area contributed by atoms with Crippen molar-refractivity contribution in [1.29, 1.82) is 0 Å². The highest BCUT2D eigenvalue weighted by molar-refractivity contribution is 7.72. The van der Waals surface area contributed by atoms with Gasteiger partial charge in [0.1, 0.15) is 54.6 Å². The van der Waals surface area contributed by atoms with Gasteiger partial charge in [-0.2, -0.15) is 8.78 Å². The molecule has 252 valence electrons. The number of aliphatic hydroxyl groups excluding tert-OH is 4. The van der Waals surface area contributed by atoms with Gasteiger partial charge in [-0.3, -0.25) is 18.5 Å². The third-order valence-electron chi connectivity index (χ3n) is 7.37. The van der Waals surface area contributed by atoms with E-state index in [4.69, 9.17) is 20.9 Å². The van der Waals surface area contributed by atoms with Crippen LogP contribution in [0, 0.1) is 0 Å². The minimum atomic E-state index is -6.40. The fourth-order valence-electron chi connectivity index (χ4n) is 4.85. The number of nitrogens with zero attached hydrogens (tertiary/aromatic N) is 4. The molecule has 10 atom stereocenters. The normalized spacial score (nSPS) is 31.1. The summed E-state index contributed by atoms with van der Waals surface area (Å²) in [6.45, 7) is -2.54. The number of carbonyl (C=O) groups excluding carboxylic acids is 1. The first-order valence-electron chi connectivity index (χ1n) is 13.2. The van der Waals surface area contributed by atoms with Gasteiger partial charge >= 0.3 is 20.6 Å². The fraction of sp³-hybridized carbons (Fsp3) is 0.478. The Hall–Kier alpha value is -3.04. The Morgan fingerprint density at radius 1 is 0.957 bits per heavy atom. The molecule has 0 saturated carbocycles. The van der Waals surface area contributed by atoms with E-state index < -0.39 is 88.7 Å². The van der Waals surface area contributed by atoms with Crippen molar-refractivity contribution in [2.24, 2.45) is 5.73 Å². The van der Waals surface area contributed by atoms with Crippen LogP contribution in [0.15, 0.2) is 36.9 Å². The third-order valence-corrected chi connectivity index (χ3v) is 11.2. The number of halogens is 2. The molecular weight excluding hydrogens is 668 g/mol. The van der Waals surface area contributed by atoms with Crippen LogP contribution in [0.3, 0.4) is 0 Å². The number of hydrogen-bond donors (Lipinski definition) is 8. The molecule has 0 aliphatic carbocycles. The lowest BCUT2D eigenvalue weighted by atomic mass is 10.00. The molecular formula is C23H28F2N6O13P2. The van der Waals surface area contributed by atoms with Crippen molar-refractivity contribution in [3.63, 3.8) is 0 Å². The molecule has 19 nitrogen and oxygen atoms in total. The van der Waals surface area contributed by atoms with E-state index in [1.807, 2.05) is 0 Å². The van der Waals surface area contributed by atoms with Crippen LogP contribution in [0.4, 0.5) is 14.6 Å². The zero-order valence-corrected chi connectivity index (χ0v) is 24.9. The predicted molar refractivity (Wildman–Crippen MR) is 147 cm³/mol. The number of fused-ring (bicyclic) bond motifs is 1. The first-order valence-corrected chi connectivity index (χ1v) is 16.3. The lowest BCUT2D eigenvalue weighted by molar-refractivity contribution is -0.0513. The molecule has 10 N–H and O–H groups in total. The van der Waals surface area contributed by atoms with E-state index >= 15 is 0 Å². The fourth-order valence-corrected chi connectivity index (χ4v) is 7.48. The van der Waals surface area contributed by atoms with Crippen molar-refractivity contribution in [1.82, 2.24) is 19.5 Å². The molecule has 2 aliphatic rings. The van der Waals surface area contributed by atoms with Crippen LogP contribution >= 0.6 is 15.2 Å². The van der Waals surface area contributed by atoms with Gasteiger partial charge in [0.05, 0.1) is 19.5 Å². The standard InChI is InChI=1S/C23H28F2N6O13P2/c24-23(25,45(37,38)41-5-11-14(32)16(34)18(43-11)9-2-1-3-10(4-9)20(27)36)46(39,40)42-6-12-15(33)17(35)22(44-12)31-8-30-13-19(26)28-7-29-21(13)31/h1-4,7-8,11-12,14-18,22,32-35H,5-6H2,(H2,27,36)(H,37,38)(H,39,40)(H2,26,28,29)/t11-,12-,14-,15-,16-,17-,18+,22-/m1/s1. The highest BCUT2D eigenvalue weighted by Crippen LogP contribution is 2.75. The average molecular weight is 696 g/mol. The van der Waals surface area contributed by atoms with Gasteiger partial charge in [0.25, 0.3) is 0 Å². The van der Waals surface area contributed by atoms with Crippen LogP contribution in [0.2, 0.25) is 0 Å². The topological polar surface area (TPSA) is 305 Å². The number of nitrogens with two attached hydrogens (primary N) is 2. The Morgan fingerprint density at radius 2 is 1.57 bits per heavy atom. The van der Waals surface area contributed by atoms with Gasteiger partial charge < -0.3 is 60.2 Å². The summed E-state index contributed by atoms with van der Waals surface area (Å²) in [5.41, 5.74) is 11.3. The molecule has 46 heavy (non-hydrogen) atoms. The number of aliphatic hydroxyl groups is 4. The number of primary amides is 1. The van der Waals surface area contributed by atoms with Crippen molar-refractivity contribution in [2.45, 2.75) is 54.4 Å². The molecule has 2 saturated heterocycles. The molecule has 23 heteroatoms. The van der Waals surface area contributed by atoms with Crippen molar-refractivity contribution < 1.29 is 71.4 Å². The zero-order valence-electron chi connectivity index (χ0n) is 23.1. The monoisotopic (exact) mass is 696 g/mol. The molecule has 3 aromatic rings. The highest BCUT2D eigenvalue weighted by atomic mass is 31.2. The largest absolute Gasteiger partial charge is 0.443 e. The van der Waals surface area contributed by atoms with Gasteiger partial charge in [0, 0.05) is 5.56 Å². The van der Waals surface area contributed by atoms with E-state index in [1.54, 1.807) is 0 Å². The molecule has 2 unspecified atom stereocenters. The maximum Gasteiger partial charge on any atom is 0.443 e. The quantitative estimate of drug-likeness (QED) is 0.111. The maximum atomic E-state index is 15.0. The van der Waals surface area contributed by atoms with Gasteiger partial charge in [-0.05, 0) is 17.7 Å². The number of hydrogen-bond acceptors (Lipinski definition) is 15. The molecule has 1 aromatic carbocycles. The summed E-state index contributed by atoms with van der Waals surface area (Å²) in [6.07, 6.45) is -11.1. The van der Waals surface area contributed by atoms with Crippen LogP contribution in [-0.2, 0) is 27.7 Å². The van der Waals surface area contributed by atoms with Crippen molar-refractivity contribution >= 4 is 38.1 Å². The third kappa shape index (κ3) is 6.05. The number of alkyl halides is 2. The van der Waals surface area contributed by atoms with Crippen molar-refractivity contribution in [2.75, 3.05) is 18.9 Å². The van der Waals surface area contributed by atoms with Crippen LogP contribution in [-0.4, -0.2) is 111 Å². The minimum absolute atomic E-state index is 0.0178. The summed E-state index contributed by atoms with van der Waals surface area (Å²) in [5.74, 6) is -0.831. The number of carbonyl (C=O) groups is 1. The summed E-state index contributed by atoms with van der Waals surface area (Å²) in [7, 11) is -12.8. The van der Waals surface area contributed by atoms with Gasteiger partial charge in [-0.25, -0.2) is 15.0 Å². The Balaban J connectivity index is 1.22. The number of benzene rings is 1. The molecule has 0 radical (unpaired) electrons. The number of anilines is 1. The van der Waals surface area contributed by atoms with E-state index in [0.29, 0.717) is 0 Å². The van der Waals surface area contributed by atoms with Crippen molar-refractivity contribution in [3.8, 4) is 0 Å². The van der Waals surface area contributed by atoms with E-state index in [9.17, 15) is 52.9 Å². The van der Waals surface area contributed by atoms with Crippen LogP contribution < -0.4 is 11.5 Å². The smallest absolute Gasteiger partial charge is 0.387 e. The Bertz CT molecular complexity index is 1720. The second-order valence-electron chi connectivity index (χ2n) is 10.3. The van der Waals surface area contributed by atoms with Crippen LogP contribution in [0.1, 0.15) is 28.3 Å². The Morgan fingerprint density at radius 3 is 2.20 bits per heavy atom. The van der Waals surface area contributed by atoms with E-state index in [-0.39, 0.29) is 28.1 Å². The van der Waals surface area contributed by atoms with E-state index in [1.165, 1.54) is 24.3 Å². The summed E-state index contributed by atoms with van der Waals surface area (Å²) < 4.78 is 75.8. The van der Waals surface area contributed by atoms with Crippen LogP contribution in [0.5, 0.6) is 0 Å². The lowest BCUT2D eigenvalue weighted by Crippen LogP contribution is -2.35. The summed E-state index contributed by atoms with van der Waals surface area (Å²) in [6, 6.07) is 5.39. The molecule has 2 fully saturated rings. The molecule has 0 spiro atoms. The Kier molecular flexibility index (Phi) is 9.34. The van der Waals surface area contributed by atoms with Gasteiger partial charge in [-0.1, -0.05) is 12.1 Å². The molecule has 2 aliphatic heterocycles. The number of imidazole rings is 1. The first kappa shape index (κ1) is 34.3. The number of nitrogen functional groups attached to an aromatic ring is 1. The van der Waals surface area contributed by atoms with Crippen LogP contribution in [0.25, 0.3) is 11.2 Å². The lowest BCUT2D eigenvalue weighted by Gasteiger charge is -2.27. The SMILES string of the molecule is NC(=O)c1cccc([C@@H]2O[C@H](COP(=O)(O)C(F)(F)P(=O)(O)OC[C@H]3O[C@@H](n4cnc5c(N)ncnc54)[C@H](O)[C@@H]3O)[C@@H](O)[C@H]2O)c1. The Labute approximate surface area is 256 Å². The summed E-state index contributed by atoms with van der Waals surface area (Å²) in [5, 5.41) is 36.1. The maximum absolute atomic E-state index is 15.0. The van der Waals surface area contributed by atoms with Gasteiger partial charge in [-0.15, -0.1) is 0 Å². The number of ether oxygens (including phenoxy) is 2. The molecule has 5 rings (SSSR count). The minimum Gasteiger partial charge on any atom is -0.387 e. The van der Waals surface area contributed by atoms with Gasteiger partial charge in [0.2, 0.25) is 5.91 Å². The van der Waals surface area contributed by atoms with E-state index in [0.717, 1.165) is 17.2 Å². The molecule has 4 heterocycles. The number of rotatable bonds is 11. The van der Waals surface area contributed by atoms with E-state index in [2.05, 4.69) is 24.0 Å². The predicted octanol–water partition coefficient (Wildman–Crippen LogP) is -1.06.